The normalized spacial score (nSPS) is 19.1. The Morgan fingerprint density at radius 3 is 2.43 bits per heavy atom. The number of ether oxygens (including phenoxy) is 1. The van der Waals surface area contributed by atoms with E-state index in [4.69, 9.17) is 27.9 Å². The molecule has 0 radical (unpaired) electrons. The van der Waals surface area contributed by atoms with Gasteiger partial charge in [-0.2, -0.15) is 0 Å². The molecule has 2 aromatic carbocycles. The minimum Gasteiger partial charge on any atom is -0.508 e. The van der Waals surface area contributed by atoms with Crippen LogP contribution < -0.4 is 0 Å². The maximum Gasteiger partial charge on any atom is 0.410 e. The lowest BCUT2D eigenvalue weighted by Crippen LogP contribution is -2.38. The first kappa shape index (κ1) is 20.8. The number of aromatic hydroxyl groups is 1. The Labute approximate surface area is 176 Å². The van der Waals surface area contributed by atoms with Crippen LogP contribution in [0.4, 0.5) is 4.79 Å². The Hall–Kier alpha value is -1.91. The summed E-state index contributed by atoms with van der Waals surface area (Å²) in [5.74, 6) is 0.296. The highest BCUT2D eigenvalue weighted by molar-refractivity contribution is 6.42. The van der Waals surface area contributed by atoms with Crippen LogP contribution in [-0.4, -0.2) is 28.7 Å². The van der Waals surface area contributed by atoms with Gasteiger partial charge >= 0.3 is 6.09 Å². The molecule has 1 unspecified atom stereocenters. The third kappa shape index (κ3) is 4.39. The predicted octanol–water partition coefficient (Wildman–Crippen LogP) is 6.53. The first-order valence-corrected chi connectivity index (χ1v) is 10.1. The van der Waals surface area contributed by atoms with Crippen LogP contribution in [0.1, 0.15) is 62.3 Å². The van der Waals surface area contributed by atoms with E-state index >= 15 is 0 Å². The average molecular weight is 422 g/mol. The Balaban J connectivity index is 1.97. The van der Waals surface area contributed by atoms with Crippen LogP contribution >= 0.6 is 23.2 Å². The van der Waals surface area contributed by atoms with Gasteiger partial charge in [0.15, 0.2) is 0 Å². The molecule has 0 heterocycles. The van der Waals surface area contributed by atoms with Crippen molar-refractivity contribution in [2.45, 2.75) is 51.2 Å². The van der Waals surface area contributed by atoms with Crippen LogP contribution in [0.25, 0.3) is 0 Å². The number of carbonyl (C=O) groups is 1. The molecule has 2 aromatic rings. The third-order valence-electron chi connectivity index (χ3n) is 5.03. The van der Waals surface area contributed by atoms with Gasteiger partial charge in [-0.05, 0) is 74.6 Å². The lowest BCUT2D eigenvalue weighted by Gasteiger charge is -2.37. The van der Waals surface area contributed by atoms with Gasteiger partial charge in [0.1, 0.15) is 11.4 Å². The molecule has 0 fully saturated rings. The van der Waals surface area contributed by atoms with Crippen LogP contribution in [0.3, 0.4) is 0 Å². The molecule has 4 nitrogen and oxygen atoms in total. The predicted molar refractivity (Wildman–Crippen MR) is 112 cm³/mol. The Morgan fingerprint density at radius 2 is 1.79 bits per heavy atom. The molecule has 2 atom stereocenters. The number of carbonyl (C=O) groups excluding carboxylic acids is 1. The Bertz CT molecular complexity index is 892. The lowest BCUT2D eigenvalue weighted by atomic mass is 9.76. The third-order valence-corrected chi connectivity index (χ3v) is 5.77. The number of amides is 1. The van der Waals surface area contributed by atoms with Crippen molar-refractivity contribution < 1.29 is 14.6 Å². The van der Waals surface area contributed by atoms with E-state index in [0.717, 1.165) is 29.5 Å². The second-order valence-electron chi connectivity index (χ2n) is 8.22. The summed E-state index contributed by atoms with van der Waals surface area (Å²) < 4.78 is 5.53. The number of phenols is 1. The number of rotatable bonds is 2. The van der Waals surface area contributed by atoms with Gasteiger partial charge in [0, 0.05) is 13.0 Å². The molecule has 0 bridgehead atoms. The van der Waals surface area contributed by atoms with E-state index in [9.17, 15) is 9.90 Å². The van der Waals surface area contributed by atoms with Crippen LogP contribution in [0.5, 0.6) is 5.75 Å². The van der Waals surface area contributed by atoms with Crippen molar-refractivity contribution in [3.63, 3.8) is 0 Å². The van der Waals surface area contributed by atoms with E-state index < -0.39 is 5.60 Å². The van der Waals surface area contributed by atoms with Gasteiger partial charge in [0.2, 0.25) is 0 Å². The summed E-state index contributed by atoms with van der Waals surface area (Å²) in [4.78, 5) is 14.2. The van der Waals surface area contributed by atoms with Crippen molar-refractivity contribution in [1.82, 2.24) is 4.90 Å². The number of nitrogens with zero attached hydrogens (tertiary/aromatic N) is 1. The minimum absolute atomic E-state index is 0.119. The first-order chi connectivity index (χ1) is 13.1. The maximum absolute atomic E-state index is 12.6. The zero-order chi connectivity index (χ0) is 20.6. The zero-order valence-corrected chi connectivity index (χ0v) is 18.0. The molecule has 1 amide bonds. The van der Waals surface area contributed by atoms with Gasteiger partial charge < -0.3 is 14.7 Å². The number of fused-ring (bicyclic) bond motifs is 1. The minimum atomic E-state index is -0.565. The molecular weight excluding hydrogens is 397 g/mol. The van der Waals surface area contributed by atoms with Crippen molar-refractivity contribution in [3.8, 4) is 5.75 Å². The molecular formula is C22H25Cl2NO3. The zero-order valence-electron chi connectivity index (χ0n) is 16.5. The van der Waals surface area contributed by atoms with E-state index in [1.54, 1.807) is 30.1 Å². The summed E-state index contributed by atoms with van der Waals surface area (Å²) in [5.41, 5.74) is 2.50. The second-order valence-corrected chi connectivity index (χ2v) is 9.04. The van der Waals surface area contributed by atoms with Gasteiger partial charge in [0.05, 0.1) is 16.1 Å². The number of hydrogen-bond donors (Lipinski definition) is 1. The van der Waals surface area contributed by atoms with E-state index in [-0.39, 0.29) is 23.8 Å². The van der Waals surface area contributed by atoms with Crippen molar-refractivity contribution in [2.75, 3.05) is 7.05 Å². The summed E-state index contributed by atoms with van der Waals surface area (Å²) >= 11 is 12.3. The Kier molecular flexibility index (Phi) is 5.83. The molecule has 28 heavy (non-hydrogen) atoms. The quantitative estimate of drug-likeness (QED) is 0.598. The smallest absolute Gasteiger partial charge is 0.410 e. The molecule has 0 saturated carbocycles. The largest absolute Gasteiger partial charge is 0.508 e. The van der Waals surface area contributed by atoms with Crippen molar-refractivity contribution in [2.24, 2.45) is 0 Å². The highest BCUT2D eigenvalue weighted by Gasteiger charge is 2.34. The number of benzene rings is 2. The van der Waals surface area contributed by atoms with E-state index in [0.29, 0.717) is 10.0 Å². The SMILES string of the molecule is CN(C(=O)OC(C)(C)C)[C@H]1CCC(c2ccc(Cl)c(Cl)c2)c2ccc(O)cc21. The number of phenolic OH excluding ortho intramolecular Hbond substituents is 1. The number of halogens is 2. The first-order valence-electron chi connectivity index (χ1n) is 9.30. The lowest BCUT2D eigenvalue weighted by molar-refractivity contribution is 0.0202. The van der Waals surface area contributed by atoms with Crippen LogP contribution in [0, 0.1) is 0 Å². The average Bonchev–Trinajstić information content (AvgIpc) is 2.61. The standard InChI is InChI=1S/C22H25Cl2NO3/c1-22(2,3)28-21(27)25(4)20-10-8-15(13-5-9-18(23)19(24)11-13)16-7-6-14(26)12-17(16)20/h5-7,9,11-12,15,20,26H,8,10H2,1-4H3/t15?,20-/m0/s1. The second kappa shape index (κ2) is 7.84. The molecule has 0 aliphatic heterocycles. The van der Waals surface area contributed by atoms with Crippen molar-refractivity contribution in [1.29, 1.82) is 0 Å². The number of hydrogen-bond acceptors (Lipinski definition) is 3. The van der Waals surface area contributed by atoms with Gasteiger partial charge in [-0.1, -0.05) is 35.3 Å². The molecule has 6 heteroatoms. The fraction of sp³-hybridized carbons (Fsp3) is 0.409. The van der Waals surface area contributed by atoms with Gasteiger partial charge in [0.25, 0.3) is 0 Å². The fourth-order valence-corrected chi connectivity index (χ4v) is 4.05. The van der Waals surface area contributed by atoms with Crippen molar-refractivity contribution >= 4 is 29.3 Å². The van der Waals surface area contributed by atoms with Crippen molar-refractivity contribution in [3.05, 3.63) is 63.1 Å². The molecule has 1 aliphatic rings. The Morgan fingerprint density at radius 1 is 1.07 bits per heavy atom. The van der Waals surface area contributed by atoms with E-state index in [2.05, 4.69) is 0 Å². The van der Waals surface area contributed by atoms with Crippen LogP contribution in [0.2, 0.25) is 10.0 Å². The fourth-order valence-electron chi connectivity index (χ4n) is 3.74. The molecule has 0 spiro atoms. The maximum atomic E-state index is 12.6. The van der Waals surface area contributed by atoms with E-state index in [1.807, 2.05) is 39.0 Å². The van der Waals surface area contributed by atoms with E-state index in [1.165, 1.54) is 0 Å². The summed E-state index contributed by atoms with van der Waals surface area (Å²) in [5, 5.41) is 11.1. The van der Waals surface area contributed by atoms with Crippen LogP contribution in [0.15, 0.2) is 36.4 Å². The molecule has 3 rings (SSSR count). The molecule has 0 saturated heterocycles. The summed E-state index contributed by atoms with van der Waals surface area (Å²) in [6.07, 6.45) is 1.21. The van der Waals surface area contributed by atoms with Gasteiger partial charge in [-0.3, -0.25) is 0 Å². The summed E-state index contributed by atoms with van der Waals surface area (Å²) in [6.45, 7) is 5.54. The molecule has 1 N–H and O–H groups in total. The summed E-state index contributed by atoms with van der Waals surface area (Å²) in [6, 6.07) is 10.8. The van der Waals surface area contributed by atoms with Gasteiger partial charge in [-0.15, -0.1) is 0 Å². The topological polar surface area (TPSA) is 49.8 Å². The molecule has 150 valence electrons. The molecule has 0 aromatic heterocycles. The highest BCUT2D eigenvalue weighted by Crippen LogP contribution is 2.45. The van der Waals surface area contributed by atoms with Crippen LogP contribution in [-0.2, 0) is 4.74 Å². The van der Waals surface area contributed by atoms with Gasteiger partial charge in [-0.25, -0.2) is 4.79 Å². The highest BCUT2D eigenvalue weighted by atomic mass is 35.5. The summed E-state index contributed by atoms with van der Waals surface area (Å²) in [7, 11) is 1.74. The monoisotopic (exact) mass is 421 g/mol. The molecule has 1 aliphatic carbocycles.